The number of morpholine rings is 1. The molecule has 1 atom stereocenters. The summed E-state index contributed by atoms with van der Waals surface area (Å²) in [7, 11) is 0. The highest BCUT2D eigenvalue weighted by molar-refractivity contribution is 5.90. The average molecular weight is 255 g/mol. The zero-order chi connectivity index (χ0) is 13.1. The number of carbonyl (C=O) groups is 2. The topological polar surface area (TPSA) is 134 Å². The molecule has 2 rings (SSSR count). The van der Waals surface area contributed by atoms with Gasteiger partial charge in [-0.25, -0.2) is 0 Å². The maximum atomic E-state index is 12.0. The number of rotatable bonds is 3. The van der Waals surface area contributed by atoms with E-state index < -0.39 is 12.1 Å². The molecular weight excluding hydrogens is 242 g/mol. The Morgan fingerprint density at radius 1 is 1.61 bits per heavy atom. The Kier molecular flexibility index (Phi) is 3.42. The van der Waals surface area contributed by atoms with Gasteiger partial charge < -0.3 is 20.5 Å². The number of ether oxygens (including phenoxy) is 1. The molecule has 9 nitrogen and oxygen atoms in total. The van der Waals surface area contributed by atoms with Crippen molar-refractivity contribution in [3.8, 4) is 0 Å². The van der Waals surface area contributed by atoms with Gasteiger partial charge in [0.25, 0.3) is 5.91 Å². The average Bonchev–Trinajstić information content (AvgIpc) is 2.74. The van der Waals surface area contributed by atoms with Crippen molar-refractivity contribution in [1.82, 2.24) is 20.1 Å². The predicted molar refractivity (Wildman–Crippen MR) is 58.7 cm³/mol. The Balaban J connectivity index is 2.00. The lowest BCUT2D eigenvalue weighted by atomic mass is 10.2. The summed E-state index contributed by atoms with van der Waals surface area (Å²) in [5.41, 5.74) is 5.31. The van der Waals surface area contributed by atoms with Gasteiger partial charge in [-0.1, -0.05) is 0 Å². The van der Waals surface area contributed by atoms with Crippen LogP contribution in [0.4, 0.5) is 5.95 Å². The molecule has 98 valence electrons. The first kappa shape index (κ1) is 12.3. The Morgan fingerprint density at radius 2 is 2.39 bits per heavy atom. The molecule has 1 aliphatic heterocycles. The van der Waals surface area contributed by atoms with E-state index in [-0.39, 0.29) is 30.6 Å². The van der Waals surface area contributed by atoms with Crippen molar-refractivity contribution in [2.45, 2.75) is 12.5 Å². The first-order valence-corrected chi connectivity index (χ1v) is 5.37. The number of amides is 1. The van der Waals surface area contributed by atoms with E-state index in [9.17, 15) is 9.59 Å². The van der Waals surface area contributed by atoms with E-state index in [2.05, 4.69) is 15.2 Å². The second kappa shape index (κ2) is 5.00. The highest BCUT2D eigenvalue weighted by Gasteiger charge is 2.28. The molecule has 0 aliphatic carbocycles. The molecule has 0 spiro atoms. The standard InChI is InChI=1S/C9H13N5O4/c10-9-11-7(12-13-9)8(17)14-1-2-18-5(4-14)3-6(15)16/h5H,1-4H2,(H,15,16)(H3,10,11,12,13). The number of aromatic nitrogens is 3. The van der Waals surface area contributed by atoms with Crippen LogP contribution in [0.2, 0.25) is 0 Å². The van der Waals surface area contributed by atoms with E-state index in [1.54, 1.807) is 0 Å². The molecule has 1 unspecified atom stereocenters. The molecule has 1 fully saturated rings. The fourth-order valence-electron chi connectivity index (χ4n) is 1.74. The van der Waals surface area contributed by atoms with Crippen LogP contribution in [0.1, 0.15) is 17.0 Å². The zero-order valence-electron chi connectivity index (χ0n) is 9.50. The van der Waals surface area contributed by atoms with E-state index >= 15 is 0 Å². The molecule has 1 saturated heterocycles. The first-order chi connectivity index (χ1) is 8.56. The molecule has 0 radical (unpaired) electrons. The molecule has 9 heteroatoms. The second-order valence-electron chi connectivity index (χ2n) is 3.88. The minimum absolute atomic E-state index is 0.00584. The molecule has 0 bridgehead atoms. The number of carbonyl (C=O) groups excluding carboxylic acids is 1. The van der Waals surface area contributed by atoms with E-state index in [1.165, 1.54) is 4.90 Å². The van der Waals surface area contributed by atoms with Gasteiger partial charge in [0.05, 0.1) is 19.1 Å². The summed E-state index contributed by atoms with van der Waals surface area (Å²) >= 11 is 0. The number of aliphatic carboxylic acids is 1. The number of nitrogens with two attached hydrogens (primary N) is 1. The van der Waals surface area contributed by atoms with Crippen LogP contribution in [0.5, 0.6) is 0 Å². The lowest BCUT2D eigenvalue weighted by Crippen LogP contribution is -2.46. The number of carboxylic acid groups (broad SMARTS) is 1. The minimum Gasteiger partial charge on any atom is -0.481 e. The van der Waals surface area contributed by atoms with Gasteiger partial charge in [-0.15, -0.1) is 5.10 Å². The third kappa shape index (κ3) is 2.74. The van der Waals surface area contributed by atoms with Crippen molar-refractivity contribution < 1.29 is 19.4 Å². The summed E-state index contributed by atoms with van der Waals surface area (Å²) in [5, 5.41) is 14.7. The van der Waals surface area contributed by atoms with E-state index in [0.717, 1.165) is 0 Å². The number of hydrogen-bond acceptors (Lipinski definition) is 6. The number of hydrogen-bond donors (Lipinski definition) is 3. The highest BCUT2D eigenvalue weighted by Crippen LogP contribution is 2.11. The van der Waals surface area contributed by atoms with Gasteiger partial charge >= 0.3 is 5.97 Å². The summed E-state index contributed by atoms with van der Waals surface area (Å²) in [5.74, 6) is -1.28. The fraction of sp³-hybridized carbons (Fsp3) is 0.556. The van der Waals surface area contributed by atoms with E-state index in [1.807, 2.05) is 0 Å². The summed E-state index contributed by atoms with van der Waals surface area (Å²) < 4.78 is 5.26. The van der Waals surface area contributed by atoms with Gasteiger partial charge in [-0.3, -0.25) is 14.7 Å². The molecule has 18 heavy (non-hydrogen) atoms. The Bertz CT molecular complexity index is 460. The van der Waals surface area contributed by atoms with Gasteiger partial charge in [0, 0.05) is 13.1 Å². The maximum Gasteiger partial charge on any atom is 0.306 e. The van der Waals surface area contributed by atoms with Gasteiger partial charge in [0.15, 0.2) is 0 Å². The third-order valence-electron chi connectivity index (χ3n) is 2.53. The van der Waals surface area contributed by atoms with Gasteiger partial charge in [-0.05, 0) is 0 Å². The van der Waals surface area contributed by atoms with Crippen molar-refractivity contribution >= 4 is 17.8 Å². The van der Waals surface area contributed by atoms with Crippen molar-refractivity contribution in [1.29, 1.82) is 0 Å². The van der Waals surface area contributed by atoms with Crippen LogP contribution in [-0.2, 0) is 9.53 Å². The molecule has 1 aliphatic rings. The lowest BCUT2D eigenvalue weighted by Gasteiger charge is -2.31. The van der Waals surface area contributed by atoms with Crippen molar-refractivity contribution in [3.05, 3.63) is 5.82 Å². The summed E-state index contributed by atoms with van der Waals surface area (Å²) in [6.07, 6.45) is -0.636. The fourth-order valence-corrected chi connectivity index (χ4v) is 1.74. The van der Waals surface area contributed by atoms with Crippen LogP contribution in [0.3, 0.4) is 0 Å². The van der Waals surface area contributed by atoms with Gasteiger partial charge in [0.1, 0.15) is 0 Å². The van der Waals surface area contributed by atoms with Crippen molar-refractivity contribution in [3.63, 3.8) is 0 Å². The number of H-pyrrole nitrogens is 1. The number of nitrogens with zero attached hydrogens (tertiary/aromatic N) is 3. The largest absolute Gasteiger partial charge is 0.481 e. The summed E-state index contributed by atoms with van der Waals surface area (Å²) in [6, 6.07) is 0. The smallest absolute Gasteiger partial charge is 0.306 e. The van der Waals surface area contributed by atoms with E-state index in [4.69, 9.17) is 15.6 Å². The van der Waals surface area contributed by atoms with E-state index in [0.29, 0.717) is 13.2 Å². The monoisotopic (exact) mass is 255 g/mol. The van der Waals surface area contributed by atoms with Gasteiger partial charge in [-0.2, -0.15) is 4.98 Å². The highest BCUT2D eigenvalue weighted by atomic mass is 16.5. The number of nitrogen functional groups attached to an aromatic ring is 1. The molecule has 4 N–H and O–H groups in total. The molecule has 1 aromatic heterocycles. The predicted octanol–water partition coefficient (Wildman–Crippen LogP) is -1.30. The summed E-state index contributed by atoms with van der Waals surface area (Å²) in [4.78, 5) is 27.8. The lowest BCUT2D eigenvalue weighted by molar-refractivity contribution is -0.141. The van der Waals surface area contributed by atoms with Crippen LogP contribution in [0.25, 0.3) is 0 Å². The number of nitrogens with one attached hydrogen (secondary N) is 1. The number of anilines is 1. The van der Waals surface area contributed by atoms with Gasteiger partial charge in [0.2, 0.25) is 11.8 Å². The van der Waals surface area contributed by atoms with Crippen LogP contribution < -0.4 is 5.73 Å². The van der Waals surface area contributed by atoms with Crippen LogP contribution in [0, 0.1) is 0 Å². The van der Waals surface area contributed by atoms with Crippen LogP contribution >= 0.6 is 0 Å². The SMILES string of the molecule is Nc1n[nH]c(C(=O)N2CCOC(CC(=O)O)C2)n1. The van der Waals surface area contributed by atoms with Crippen molar-refractivity contribution in [2.75, 3.05) is 25.4 Å². The zero-order valence-corrected chi connectivity index (χ0v) is 9.50. The quantitative estimate of drug-likeness (QED) is 0.611. The van der Waals surface area contributed by atoms with Crippen LogP contribution in [-0.4, -0.2) is 62.9 Å². The minimum atomic E-state index is -0.960. The third-order valence-corrected chi connectivity index (χ3v) is 2.53. The molecule has 1 aromatic rings. The number of carboxylic acids is 1. The first-order valence-electron chi connectivity index (χ1n) is 5.37. The Labute approximate surface area is 102 Å². The Morgan fingerprint density at radius 3 is 3.00 bits per heavy atom. The molecule has 0 saturated carbocycles. The van der Waals surface area contributed by atoms with Crippen molar-refractivity contribution in [2.24, 2.45) is 0 Å². The number of aromatic amines is 1. The van der Waals surface area contributed by atoms with Crippen LogP contribution in [0.15, 0.2) is 0 Å². The Hall–Kier alpha value is -2.16. The normalized spacial score (nSPS) is 19.8. The molecule has 0 aromatic carbocycles. The molecule has 1 amide bonds. The summed E-state index contributed by atoms with van der Waals surface area (Å²) in [6.45, 7) is 0.897. The molecule has 2 heterocycles. The maximum absolute atomic E-state index is 12.0. The molecular formula is C9H13N5O4. The second-order valence-corrected chi connectivity index (χ2v) is 3.88.